The second-order valence-electron chi connectivity index (χ2n) is 3.26. The molecular weight excluding hydrogens is 228 g/mol. The number of carboxylic acid groups (broad SMARTS) is 1. The Bertz CT molecular complexity index is 365. The lowest BCUT2D eigenvalue weighted by atomic mass is 10.4. The maximum atomic E-state index is 11.1. The van der Waals surface area contributed by atoms with Crippen molar-refractivity contribution in [2.45, 2.75) is 12.6 Å². The van der Waals surface area contributed by atoms with E-state index in [1.165, 1.54) is 0 Å². The first kappa shape index (κ1) is 13.0. The van der Waals surface area contributed by atoms with Gasteiger partial charge in [-0.15, -0.1) is 0 Å². The zero-order valence-corrected chi connectivity index (χ0v) is 9.04. The Hall–Kier alpha value is -2.09. The lowest BCUT2D eigenvalue weighted by Gasteiger charge is -2.09. The molecule has 0 aromatic carbocycles. The summed E-state index contributed by atoms with van der Waals surface area (Å²) in [5, 5.41) is 25.9. The van der Waals surface area contributed by atoms with Gasteiger partial charge in [-0.3, -0.25) is 4.68 Å². The Morgan fingerprint density at radius 2 is 2.18 bits per heavy atom. The minimum Gasteiger partial charge on any atom is -0.479 e. The predicted molar refractivity (Wildman–Crippen MR) is 57.3 cm³/mol. The predicted octanol–water partition coefficient (Wildman–Crippen LogP) is -1.37. The van der Waals surface area contributed by atoms with Crippen molar-refractivity contribution in [2.24, 2.45) is 0 Å². The van der Waals surface area contributed by atoms with Crippen molar-refractivity contribution in [1.29, 1.82) is 0 Å². The second kappa shape index (κ2) is 6.48. The highest BCUT2D eigenvalue weighted by atomic mass is 16.4. The molecule has 0 aliphatic heterocycles. The number of nitrogens with one attached hydrogen (secondary N) is 2. The highest BCUT2D eigenvalue weighted by Crippen LogP contribution is 1.83. The number of urea groups is 1. The van der Waals surface area contributed by atoms with Crippen LogP contribution in [0.4, 0.5) is 4.79 Å². The van der Waals surface area contributed by atoms with Crippen molar-refractivity contribution in [1.82, 2.24) is 20.4 Å². The van der Waals surface area contributed by atoms with Crippen molar-refractivity contribution in [2.75, 3.05) is 13.1 Å². The van der Waals surface area contributed by atoms with E-state index in [9.17, 15) is 9.59 Å². The number of rotatable bonds is 6. The fourth-order valence-electron chi connectivity index (χ4n) is 1.06. The molecule has 0 saturated heterocycles. The van der Waals surface area contributed by atoms with Crippen molar-refractivity contribution in [3.8, 4) is 0 Å². The van der Waals surface area contributed by atoms with Crippen LogP contribution in [0.25, 0.3) is 0 Å². The summed E-state index contributed by atoms with van der Waals surface area (Å²) >= 11 is 0. The van der Waals surface area contributed by atoms with E-state index in [1.54, 1.807) is 23.1 Å². The molecule has 4 N–H and O–H groups in total. The van der Waals surface area contributed by atoms with Crippen LogP contribution in [0.1, 0.15) is 0 Å². The zero-order valence-electron chi connectivity index (χ0n) is 9.04. The maximum Gasteiger partial charge on any atom is 0.334 e. The van der Waals surface area contributed by atoms with Crippen LogP contribution < -0.4 is 10.6 Å². The maximum absolute atomic E-state index is 11.1. The molecule has 0 radical (unpaired) electrons. The monoisotopic (exact) mass is 242 g/mol. The number of aliphatic carboxylic acids is 1. The molecule has 0 fully saturated rings. The number of amides is 2. The number of carbonyl (C=O) groups excluding carboxylic acids is 1. The summed E-state index contributed by atoms with van der Waals surface area (Å²) in [6, 6.07) is 1.24. The Morgan fingerprint density at radius 3 is 2.76 bits per heavy atom. The second-order valence-corrected chi connectivity index (χ2v) is 3.26. The van der Waals surface area contributed by atoms with Gasteiger partial charge in [0.05, 0.1) is 13.1 Å². The van der Waals surface area contributed by atoms with Gasteiger partial charge in [-0.1, -0.05) is 0 Å². The molecule has 1 unspecified atom stereocenters. The normalized spacial score (nSPS) is 11.8. The molecular formula is C9H14N4O4. The third-order valence-corrected chi connectivity index (χ3v) is 1.93. The van der Waals surface area contributed by atoms with Crippen LogP contribution in [0.2, 0.25) is 0 Å². The van der Waals surface area contributed by atoms with Gasteiger partial charge >= 0.3 is 12.0 Å². The summed E-state index contributed by atoms with van der Waals surface area (Å²) in [5.74, 6) is -1.37. The fourth-order valence-corrected chi connectivity index (χ4v) is 1.06. The highest BCUT2D eigenvalue weighted by molar-refractivity contribution is 5.76. The summed E-state index contributed by atoms with van der Waals surface area (Å²) in [4.78, 5) is 21.4. The summed E-state index contributed by atoms with van der Waals surface area (Å²) in [7, 11) is 0. The molecule has 1 atom stereocenters. The third kappa shape index (κ3) is 4.98. The average Bonchev–Trinajstić information content (AvgIpc) is 2.78. The molecule has 1 aromatic heterocycles. The Labute approximate surface area is 97.2 Å². The van der Waals surface area contributed by atoms with E-state index in [2.05, 4.69) is 15.7 Å². The summed E-state index contributed by atoms with van der Waals surface area (Å²) < 4.78 is 1.65. The van der Waals surface area contributed by atoms with Gasteiger partial charge < -0.3 is 20.8 Å². The summed E-state index contributed by atoms with van der Waals surface area (Å²) in [5.41, 5.74) is 0. The smallest absolute Gasteiger partial charge is 0.334 e. The van der Waals surface area contributed by atoms with Gasteiger partial charge in [0.1, 0.15) is 0 Å². The molecule has 0 spiro atoms. The Kier molecular flexibility index (Phi) is 4.95. The lowest BCUT2D eigenvalue weighted by molar-refractivity contribution is -0.146. The molecule has 1 aromatic rings. The Balaban J connectivity index is 2.11. The molecule has 1 rings (SSSR count). The van der Waals surface area contributed by atoms with Gasteiger partial charge in [-0.25, -0.2) is 9.59 Å². The number of nitrogens with zero attached hydrogens (tertiary/aromatic N) is 2. The quantitative estimate of drug-likeness (QED) is 0.491. The number of aliphatic hydroxyl groups is 1. The molecule has 0 saturated carbocycles. The van der Waals surface area contributed by atoms with Crippen molar-refractivity contribution < 1.29 is 19.8 Å². The van der Waals surface area contributed by atoms with Crippen LogP contribution in [-0.4, -0.2) is 51.2 Å². The van der Waals surface area contributed by atoms with E-state index >= 15 is 0 Å². The number of hydrogen-bond acceptors (Lipinski definition) is 4. The first-order valence-electron chi connectivity index (χ1n) is 4.99. The fraction of sp³-hybridized carbons (Fsp3) is 0.444. The molecule has 2 amide bonds. The van der Waals surface area contributed by atoms with Crippen LogP contribution in [0.3, 0.4) is 0 Å². The van der Waals surface area contributed by atoms with Crippen LogP contribution in [0, 0.1) is 0 Å². The molecule has 94 valence electrons. The lowest BCUT2D eigenvalue weighted by Crippen LogP contribution is -2.42. The summed E-state index contributed by atoms with van der Waals surface area (Å²) in [6.45, 7) is 0.543. The number of carbonyl (C=O) groups is 2. The summed E-state index contributed by atoms with van der Waals surface area (Å²) in [6.07, 6.45) is 1.80. The largest absolute Gasteiger partial charge is 0.479 e. The molecule has 0 bridgehead atoms. The standard InChI is InChI=1S/C9H14N4O4/c14-7(8(15)16)6-11-9(17)10-3-5-13-4-1-2-12-13/h1-2,4,7,14H,3,5-6H2,(H,15,16)(H2,10,11,17). The zero-order chi connectivity index (χ0) is 12.7. The SMILES string of the molecule is O=C(NCCn1cccn1)NCC(O)C(=O)O. The molecule has 0 aliphatic rings. The van der Waals surface area contributed by atoms with Crippen LogP contribution in [0.15, 0.2) is 18.5 Å². The molecule has 1 heterocycles. The van der Waals surface area contributed by atoms with Gasteiger partial charge in [-0.05, 0) is 6.07 Å². The molecule has 0 aliphatic carbocycles. The van der Waals surface area contributed by atoms with Crippen molar-refractivity contribution >= 4 is 12.0 Å². The van der Waals surface area contributed by atoms with E-state index in [4.69, 9.17) is 10.2 Å². The third-order valence-electron chi connectivity index (χ3n) is 1.93. The number of aromatic nitrogens is 2. The van der Waals surface area contributed by atoms with Gasteiger partial charge in [0, 0.05) is 18.9 Å². The van der Waals surface area contributed by atoms with Crippen molar-refractivity contribution in [3.05, 3.63) is 18.5 Å². The number of carboxylic acids is 1. The van der Waals surface area contributed by atoms with Crippen molar-refractivity contribution in [3.63, 3.8) is 0 Å². The van der Waals surface area contributed by atoms with Crippen LogP contribution >= 0.6 is 0 Å². The molecule has 8 heteroatoms. The van der Waals surface area contributed by atoms with E-state index < -0.39 is 18.1 Å². The van der Waals surface area contributed by atoms with E-state index in [0.717, 1.165) is 0 Å². The van der Waals surface area contributed by atoms with Gasteiger partial charge in [-0.2, -0.15) is 5.10 Å². The van der Waals surface area contributed by atoms with E-state index in [0.29, 0.717) is 13.1 Å². The minimum absolute atomic E-state index is 0.330. The molecule has 8 nitrogen and oxygen atoms in total. The first-order valence-corrected chi connectivity index (χ1v) is 4.99. The van der Waals surface area contributed by atoms with Gasteiger partial charge in [0.15, 0.2) is 6.10 Å². The average molecular weight is 242 g/mol. The first-order chi connectivity index (χ1) is 8.09. The van der Waals surface area contributed by atoms with Crippen LogP contribution in [0.5, 0.6) is 0 Å². The topological polar surface area (TPSA) is 116 Å². The number of aliphatic hydroxyl groups excluding tert-OH is 1. The molecule has 17 heavy (non-hydrogen) atoms. The van der Waals surface area contributed by atoms with Gasteiger partial charge in [0.25, 0.3) is 0 Å². The highest BCUT2D eigenvalue weighted by Gasteiger charge is 2.13. The van der Waals surface area contributed by atoms with E-state index in [-0.39, 0.29) is 6.54 Å². The van der Waals surface area contributed by atoms with Gasteiger partial charge in [0.2, 0.25) is 0 Å². The Morgan fingerprint density at radius 1 is 1.41 bits per heavy atom. The van der Waals surface area contributed by atoms with Crippen LogP contribution in [-0.2, 0) is 11.3 Å². The van der Waals surface area contributed by atoms with E-state index in [1.807, 2.05) is 0 Å². The number of hydrogen-bond donors (Lipinski definition) is 4. The minimum atomic E-state index is -1.59.